The van der Waals surface area contributed by atoms with Crippen LogP contribution in [0.5, 0.6) is 5.75 Å². The summed E-state index contributed by atoms with van der Waals surface area (Å²) in [5, 5.41) is 4.83. The molecule has 0 aliphatic carbocycles. The molecule has 23 heavy (non-hydrogen) atoms. The molecule has 0 fully saturated rings. The Hall–Kier alpha value is -1.95. The van der Waals surface area contributed by atoms with Crippen molar-refractivity contribution in [2.45, 2.75) is 6.61 Å². The molecule has 2 rings (SSSR count). The van der Waals surface area contributed by atoms with Crippen molar-refractivity contribution in [3.63, 3.8) is 0 Å². The molecular formula is C16H16Cl2N2O3. The Bertz CT molecular complexity index is 695. The molecule has 0 atom stereocenters. The second-order valence-electron chi connectivity index (χ2n) is 4.66. The first-order valence-electron chi connectivity index (χ1n) is 6.75. The summed E-state index contributed by atoms with van der Waals surface area (Å²) in [6.07, 6.45) is 0. The van der Waals surface area contributed by atoms with Crippen molar-refractivity contribution in [1.29, 1.82) is 0 Å². The van der Waals surface area contributed by atoms with Gasteiger partial charge in [0.05, 0.1) is 7.11 Å². The van der Waals surface area contributed by atoms with Crippen molar-refractivity contribution in [3.8, 4) is 5.75 Å². The minimum absolute atomic E-state index is 0.297. The van der Waals surface area contributed by atoms with Gasteiger partial charge in [0.2, 0.25) is 0 Å². The van der Waals surface area contributed by atoms with E-state index in [1.165, 1.54) is 14.2 Å². The highest BCUT2D eigenvalue weighted by atomic mass is 35.5. The molecule has 0 heterocycles. The van der Waals surface area contributed by atoms with Crippen LogP contribution in [-0.2, 0) is 11.4 Å². The van der Waals surface area contributed by atoms with Gasteiger partial charge in [-0.1, -0.05) is 35.3 Å². The molecule has 0 aromatic heterocycles. The van der Waals surface area contributed by atoms with Gasteiger partial charge in [0, 0.05) is 28.3 Å². The lowest BCUT2D eigenvalue weighted by Crippen LogP contribution is -2.30. The van der Waals surface area contributed by atoms with E-state index < -0.39 is 6.03 Å². The number of ether oxygens (including phenoxy) is 1. The molecule has 0 unspecified atom stereocenters. The summed E-state index contributed by atoms with van der Waals surface area (Å²) in [5.41, 5.74) is 1.36. The zero-order chi connectivity index (χ0) is 16.8. The number of nitrogens with zero attached hydrogens (tertiary/aromatic N) is 1. The van der Waals surface area contributed by atoms with Crippen molar-refractivity contribution in [3.05, 3.63) is 58.1 Å². The number of anilines is 1. The molecule has 0 aliphatic heterocycles. The second-order valence-corrected chi connectivity index (χ2v) is 5.51. The SMILES string of the molecule is CON(C)C(=O)Nc1ccc(COc2cccc(Cl)c2)c(Cl)c1. The third kappa shape index (κ3) is 5.03. The van der Waals surface area contributed by atoms with E-state index in [0.29, 0.717) is 28.1 Å². The number of amides is 2. The van der Waals surface area contributed by atoms with E-state index in [0.717, 1.165) is 10.6 Å². The Kier molecular flexibility index (Phi) is 6.10. The molecular weight excluding hydrogens is 339 g/mol. The van der Waals surface area contributed by atoms with Crippen molar-refractivity contribution < 1.29 is 14.4 Å². The molecule has 0 aliphatic rings. The third-order valence-corrected chi connectivity index (χ3v) is 3.64. The number of urea groups is 1. The first-order valence-corrected chi connectivity index (χ1v) is 7.51. The standard InChI is InChI=1S/C16H16Cl2N2O3/c1-20(22-2)16(21)19-13-7-6-11(15(18)9-13)10-23-14-5-3-4-12(17)8-14/h3-9H,10H2,1-2H3,(H,19,21). The zero-order valence-corrected chi connectivity index (χ0v) is 14.2. The first-order chi connectivity index (χ1) is 11.0. The Morgan fingerprint density at radius 2 is 2.00 bits per heavy atom. The third-order valence-electron chi connectivity index (χ3n) is 3.05. The van der Waals surface area contributed by atoms with Gasteiger partial charge in [0.15, 0.2) is 0 Å². The number of hydrogen-bond donors (Lipinski definition) is 1. The Morgan fingerprint density at radius 3 is 2.65 bits per heavy atom. The van der Waals surface area contributed by atoms with Gasteiger partial charge in [-0.05, 0) is 30.3 Å². The van der Waals surface area contributed by atoms with Crippen LogP contribution in [0.15, 0.2) is 42.5 Å². The minimum Gasteiger partial charge on any atom is -0.489 e. The number of nitrogens with one attached hydrogen (secondary N) is 1. The number of carbonyl (C=O) groups excluding carboxylic acids is 1. The zero-order valence-electron chi connectivity index (χ0n) is 12.7. The summed E-state index contributed by atoms with van der Waals surface area (Å²) in [6, 6.07) is 11.9. The number of hydrogen-bond acceptors (Lipinski definition) is 3. The van der Waals surface area contributed by atoms with Crippen molar-refractivity contribution in [2.24, 2.45) is 0 Å². The van der Waals surface area contributed by atoms with Crippen molar-refractivity contribution in [1.82, 2.24) is 5.06 Å². The van der Waals surface area contributed by atoms with E-state index in [1.54, 1.807) is 30.3 Å². The average Bonchev–Trinajstić information content (AvgIpc) is 2.53. The fourth-order valence-electron chi connectivity index (χ4n) is 1.75. The van der Waals surface area contributed by atoms with Gasteiger partial charge in [-0.25, -0.2) is 9.86 Å². The van der Waals surface area contributed by atoms with Crippen LogP contribution in [0.2, 0.25) is 10.0 Å². The van der Waals surface area contributed by atoms with Crippen LogP contribution in [0.25, 0.3) is 0 Å². The fraction of sp³-hybridized carbons (Fsp3) is 0.188. The Labute approximate surface area is 144 Å². The molecule has 5 nitrogen and oxygen atoms in total. The van der Waals surface area contributed by atoms with Crippen LogP contribution in [0.4, 0.5) is 10.5 Å². The van der Waals surface area contributed by atoms with Gasteiger partial charge in [-0.3, -0.25) is 4.84 Å². The lowest BCUT2D eigenvalue weighted by Gasteiger charge is -2.15. The second kappa shape index (κ2) is 8.06. The smallest absolute Gasteiger partial charge is 0.345 e. The maximum absolute atomic E-state index is 11.7. The number of hydroxylamine groups is 2. The number of carbonyl (C=O) groups is 1. The lowest BCUT2D eigenvalue weighted by atomic mass is 10.2. The number of halogens is 2. The number of benzene rings is 2. The molecule has 0 spiro atoms. The molecule has 2 aromatic carbocycles. The summed E-state index contributed by atoms with van der Waals surface area (Å²) in [7, 11) is 2.91. The van der Waals surface area contributed by atoms with E-state index in [-0.39, 0.29) is 0 Å². The highest BCUT2D eigenvalue weighted by Gasteiger charge is 2.09. The van der Waals surface area contributed by atoms with Gasteiger partial charge in [0.25, 0.3) is 0 Å². The maximum Gasteiger partial charge on any atom is 0.345 e. The molecule has 0 saturated heterocycles. The van der Waals surface area contributed by atoms with E-state index in [4.69, 9.17) is 32.8 Å². The summed E-state index contributed by atoms with van der Waals surface area (Å²) < 4.78 is 5.65. The summed E-state index contributed by atoms with van der Waals surface area (Å²) in [5.74, 6) is 0.660. The van der Waals surface area contributed by atoms with Crippen molar-refractivity contribution in [2.75, 3.05) is 19.5 Å². The summed E-state index contributed by atoms with van der Waals surface area (Å²) in [4.78, 5) is 16.5. The molecule has 0 radical (unpaired) electrons. The lowest BCUT2D eigenvalue weighted by molar-refractivity contribution is -0.0598. The van der Waals surface area contributed by atoms with Crippen LogP contribution in [0, 0.1) is 0 Å². The quantitative estimate of drug-likeness (QED) is 0.798. The maximum atomic E-state index is 11.7. The van der Waals surface area contributed by atoms with E-state index >= 15 is 0 Å². The fourth-order valence-corrected chi connectivity index (χ4v) is 2.16. The highest BCUT2D eigenvalue weighted by Crippen LogP contribution is 2.24. The van der Waals surface area contributed by atoms with Gasteiger partial charge in [-0.2, -0.15) is 0 Å². The normalized spacial score (nSPS) is 10.3. The molecule has 0 saturated carbocycles. The molecule has 7 heteroatoms. The number of rotatable bonds is 5. The van der Waals surface area contributed by atoms with Crippen LogP contribution < -0.4 is 10.1 Å². The van der Waals surface area contributed by atoms with Crippen LogP contribution >= 0.6 is 23.2 Å². The molecule has 0 bridgehead atoms. The van der Waals surface area contributed by atoms with Gasteiger partial charge in [0.1, 0.15) is 12.4 Å². The Morgan fingerprint density at radius 1 is 1.22 bits per heavy atom. The van der Waals surface area contributed by atoms with Crippen LogP contribution in [0.1, 0.15) is 5.56 Å². The summed E-state index contributed by atoms with van der Waals surface area (Å²) >= 11 is 12.1. The van der Waals surface area contributed by atoms with E-state index in [9.17, 15) is 4.79 Å². The highest BCUT2D eigenvalue weighted by molar-refractivity contribution is 6.31. The van der Waals surface area contributed by atoms with Crippen LogP contribution in [-0.4, -0.2) is 25.3 Å². The topological polar surface area (TPSA) is 50.8 Å². The van der Waals surface area contributed by atoms with E-state index in [2.05, 4.69) is 5.32 Å². The van der Waals surface area contributed by atoms with Gasteiger partial charge >= 0.3 is 6.03 Å². The molecule has 2 amide bonds. The molecule has 122 valence electrons. The largest absolute Gasteiger partial charge is 0.489 e. The first kappa shape index (κ1) is 17.4. The van der Waals surface area contributed by atoms with Crippen LogP contribution in [0.3, 0.4) is 0 Å². The van der Waals surface area contributed by atoms with Gasteiger partial charge in [-0.15, -0.1) is 0 Å². The monoisotopic (exact) mass is 354 g/mol. The van der Waals surface area contributed by atoms with Gasteiger partial charge < -0.3 is 10.1 Å². The van der Waals surface area contributed by atoms with E-state index in [1.807, 2.05) is 12.1 Å². The predicted molar refractivity (Wildman–Crippen MR) is 91.0 cm³/mol. The molecule has 2 aromatic rings. The minimum atomic E-state index is -0.397. The predicted octanol–water partition coefficient (Wildman–Crippen LogP) is 4.60. The average molecular weight is 355 g/mol. The summed E-state index contributed by atoms with van der Waals surface area (Å²) in [6.45, 7) is 0.297. The molecule has 1 N–H and O–H groups in total. The Balaban J connectivity index is 2.00. The van der Waals surface area contributed by atoms with Crippen molar-refractivity contribution >= 4 is 34.9 Å².